The lowest BCUT2D eigenvalue weighted by atomic mass is 10.2. The number of imidazole rings is 1. The van der Waals surface area contributed by atoms with E-state index in [1.54, 1.807) is 18.2 Å². The Hall–Kier alpha value is -2.42. The number of anilines is 1. The molecule has 0 unspecified atom stereocenters. The van der Waals surface area contributed by atoms with E-state index in [1.165, 1.54) is 18.4 Å². The summed E-state index contributed by atoms with van der Waals surface area (Å²) >= 11 is 0. The molecule has 2 aromatic rings. The lowest BCUT2D eigenvalue weighted by Gasteiger charge is -2.17. The molecular weight excluding hydrogens is 366 g/mol. The van der Waals surface area contributed by atoms with E-state index in [0.29, 0.717) is 16.1 Å². The van der Waals surface area contributed by atoms with Gasteiger partial charge in [-0.05, 0) is 18.1 Å². The van der Waals surface area contributed by atoms with Gasteiger partial charge < -0.3 is 0 Å². The van der Waals surface area contributed by atoms with Gasteiger partial charge in [-0.1, -0.05) is 18.2 Å². The number of para-hydroxylation sites is 1. The predicted octanol–water partition coefficient (Wildman–Crippen LogP) is 0.161. The van der Waals surface area contributed by atoms with E-state index in [1.807, 2.05) is 12.1 Å². The zero-order valence-corrected chi connectivity index (χ0v) is 15.1. The second-order valence-corrected chi connectivity index (χ2v) is 9.38. The number of rotatable bonds is 4. The van der Waals surface area contributed by atoms with Crippen LogP contribution >= 0.6 is 0 Å². The van der Waals surface area contributed by atoms with E-state index in [0.717, 1.165) is 16.1 Å². The molecule has 1 aliphatic heterocycles. The summed E-state index contributed by atoms with van der Waals surface area (Å²) in [5.74, 6) is -0.514. The zero-order chi connectivity index (χ0) is 18.4. The van der Waals surface area contributed by atoms with E-state index in [4.69, 9.17) is 5.26 Å². The number of hydrogen-bond acceptors (Lipinski definition) is 6. The van der Waals surface area contributed by atoms with Gasteiger partial charge in [-0.15, -0.1) is 0 Å². The quantitative estimate of drug-likeness (QED) is 0.745. The smallest absolute Gasteiger partial charge is 0.264 e. The third kappa shape index (κ3) is 2.68. The van der Waals surface area contributed by atoms with Crippen molar-refractivity contribution in [2.75, 3.05) is 24.9 Å². The monoisotopic (exact) mass is 381 g/mol. The molecule has 0 saturated carbocycles. The van der Waals surface area contributed by atoms with Gasteiger partial charge in [0, 0.05) is 20.6 Å². The number of sulfonamides is 1. The molecule has 25 heavy (non-hydrogen) atoms. The van der Waals surface area contributed by atoms with Crippen LogP contribution in [0, 0.1) is 11.3 Å². The highest BCUT2D eigenvalue weighted by atomic mass is 32.2. The topological polar surface area (TPSA) is 116 Å². The van der Waals surface area contributed by atoms with Gasteiger partial charge in [-0.3, -0.25) is 4.31 Å². The van der Waals surface area contributed by atoms with Crippen LogP contribution in [-0.4, -0.2) is 50.7 Å². The summed E-state index contributed by atoms with van der Waals surface area (Å²) in [6.07, 6.45) is 1.42. The fourth-order valence-corrected chi connectivity index (χ4v) is 4.95. The summed E-state index contributed by atoms with van der Waals surface area (Å²) in [5.41, 5.74) is 1.41. The normalized spacial score (nSPS) is 14.6. The Labute approximate surface area is 146 Å². The summed E-state index contributed by atoms with van der Waals surface area (Å²) in [6, 6.07) is 8.68. The van der Waals surface area contributed by atoms with Crippen molar-refractivity contribution in [3.8, 4) is 6.07 Å². The SMILES string of the molecule is CN(C)S(=O)(=O)n1cc(S(=O)(=O)N2CCc3ccccc32)nc1C#N. The minimum Gasteiger partial charge on any atom is -0.264 e. The van der Waals surface area contributed by atoms with Crippen molar-refractivity contribution in [3.05, 3.63) is 41.9 Å². The number of benzene rings is 1. The van der Waals surface area contributed by atoms with E-state index < -0.39 is 31.1 Å². The average molecular weight is 381 g/mol. The van der Waals surface area contributed by atoms with Crippen LogP contribution in [0.15, 0.2) is 35.5 Å². The first-order valence-electron chi connectivity index (χ1n) is 7.22. The van der Waals surface area contributed by atoms with E-state index >= 15 is 0 Å². The Morgan fingerprint density at radius 1 is 1.20 bits per heavy atom. The molecule has 11 heteroatoms. The number of hydrogen-bond donors (Lipinski definition) is 0. The Bertz CT molecular complexity index is 1080. The fourth-order valence-electron chi connectivity index (χ4n) is 2.56. The molecule has 0 bridgehead atoms. The summed E-state index contributed by atoms with van der Waals surface area (Å²) in [7, 11) is -5.59. The highest BCUT2D eigenvalue weighted by molar-refractivity contribution is 7.92. The summed E-state index contributed by atoms with van der Waals surface area (Å²) in [4.78, 5) is 3.73. The lowest BCUT2D eigenvalue weighted by Crippen LogP contribution is -2.30. The van der Waals surface area contributed by atoms with Crippen molar-refractivity contribution in [2.45, 2.75) is 11.4 Å². The molecule has 0 atom stereocenters. The minimum atomic E-state index is -4.08. The minimum absolute atomic E-state index is 0.233. The average Bonchev–Trinajstić information content (AvgIpc) is 3.19. The molecular formula is C14H15N5O4S2. The number of nitriles is 1. The molecule has 0 saturated heterocycles. The first-order chi connectivity index (χ1) is 11.7. The van der Waals surface area contributed by atoms with Crippen LogP contribution in [0.1, 0.15) is 11.4 Å². The molecule has 9 nitrogen and oxygen atoms in total. The van der Waals surface area contributed by atoms with E-state index in [9.17, 15) is 16.8 Å². The largest absolute Gasteiger partial charge is 0.309 e. The molecule has 1 aliphatic rings. The Morgan fingerprint density at radius 3 is 2.52 bits per heavy atom. The third-order valence-corrected chi connectivity index (χ3v) is 7.24. The summed E-state index contributed by atoms with van der Waals surface area (Å²) < 4.78 is 53.0. The van der Waals surface area contributed by atoms with Crippen LogP contribution in [0.25, 0.3) is 0 Å². The van der Waals surface area contributed by atoms with Crippen LogP contribution < -0.4 is 4.31 Å². The second kappa shape index (κ2) is 5.83. The molecule has 3 rings (SSSR count). The van der Waals surface area contributed by atoms with Crippen LogP contribution in [0.2, 0.25) is 0 Å². The maximum Gasteiger partial charge on any atom is 0.309 e. The van der Waals surface area contributed by atoms with Crippen LogP contribution in [0.3, 0.4) is 0 Å². The molecule has 0 spiro atoms. The summed E-state index contributed by atoms with van der Waals surface area (Å²) in [6.45, 7) is 0.233. The molecule has 1 aromatic heterocycles. The second-order valence-electron chi connectivity index (χ2n) is 5.56. The number of fused-ring (bicyclic) bond motifs is 1. The maximum absolute atomic E-state index is 12.9. The molecule has 2 heterocycles. The standard InChI is InChI=1S/C14H15N5O4S2/c1-17(2)25(22,23)19-10-14(16-13(19)9-15)24(20,21)18-8-7-11-5-3-4-6-12(11)18/h3-6,10H,7-8H2,1-2H3. The van der Waals surface area contributed by atoms with E-state index in [2.05, 4.69) is 4.98 Å². The molecule has 0 amide bonds. The van der Waals surface area contributed by atoms with Gasteiger partial charge in [0.2, 0.25) is 5.82 Å². The van der Waals surface area contributed by atoms with Crippen molar-refractivity contribution in [1.29, 1.82) is 5.26 Å². The van der Waals surface area contributed by atoms with Gasteiger partial charge >= 0.3 is 10.2 Å². The van der Waals surface area contributed by atoms with E-state index in [-0.39, 0.29) is 6.54 Å². The first-order valence-corrected chi connectivity index (χ1v) is 10.1. The zero-order valence-electron chi connectivity index (χ0n) is 13.5. The predicted molar refractivity (Wildman–Crippen MR) is 89.6 cm³/mol. The highest BCUT2D eigenvalue weighted by Crippen LogP contribution is 2.32. The number of nitrogens with zero attached hydrogens (tertiary/aromatic N) is 5. The van der Waals surface area contributed by atoms with Gasteiger partial charge in [0.1, 0.15) is 6.07 Å². The molecule has 132 valence electrons. The summed E-state index contributed by atoms with van der Waals surface area (Å²) in [5, 5.41) is 8.66. The first kappa shape index (κ1) is 17.4. The van der Waals surface area contributed by atoms with Crippen molar-refractivity contribution in [1.82, 2.24) is 13.3 Å². The van der Waals surface area contributed by atoms with Gasteiger partial charge in [-0.2, -0.15) is 26.4 Å². The molecule has 0 fully saturated rings. The maximum atomic E-state index is 12.9. The fraction of sp³-hybridized carbons (Fsp3) is 0.286. The third-order valence-electron chi connectivity index (χ3n) is 3.86. The Balaban J connectivity index is 2.12. The van der Waals surface area contributed by atoms with Gasteiger partial charge in [0.15, 0.2) is 5.03 Å². The van der Waals surface area contributed by atoms with Crippen LogP contribution in [-0.2, 0) is 26.7 Å². The molecule has 0 aliphatic carbocycles. The molecule has 0 radical (unpaired) electrons. The van der Waals surface area contributed by atoms with Crippen molar-refractivity contribution in [3.63, 3.8) is 0 Å². The van der Waals surface area contributed by atoms with Crippen LogP contribution in [0.4, 0.5) is 5.69 Å². The van der Waals surface area contributed by atoms with Gasteiger partial charge in [-0.25, -0.2) is 8.96 Å². The highest BCUT2D eigenvalue weighted by Gasteiger charge is 2.34. The van der Waals surface area contributed by atoms with Crippen molar-refractivity contribution in [2.24, 2.45) is 0 Å². The van der Waals surface area contributed by atoms with Crippen molar-refractivity contribution >= 4 is 25.9 Å². The lowest BCUT2D eigenvalue weighted by molar-refractivity contribution is 0.510. The number of aromatic nitrogens is 2. The van der Waals surface area contributed by atoms with Gasteiger partial charge in [0.25, 0.3) is 10.0 Å². The van der Waals surface area contributed by atoms with Gasteiger partial charge in [0.05, 0.1) is 11.9 Å². The van der Waals surface area contributed by atoms with Crippen molar-refractivity contribution < 1.29 is 16.8 Å². The molecule has 1 aromatic carbocycles. The Morgan fingerprint density at radius 2 is 1.88 bits per heavy atom. The van der Waals surface area contributed by atoms with Crippen LogP contribution in [0.5, 0.6) is 0 Å². The Kier molecular flexibility index (Phi) is 4.06. The molecule has 0 N–H and O–H groups in total.